The molecule has 2 aromatic rings. The minimum atomic E-state index is -0.474. The Morgan fingerprint density at radius 1 is 1.45 bits per heavy atom. The molecule has 0 atom stereocenters. The molecule has 8 heteroatoms. The maximum Gasteiger partial charge on any atom is 0.311 e. The third-order valence-electron chi connectivity index (χ3n) is 2.61. The molecule has 1 aromatic heterocycles. The van der Waals surface area contributed by atoms with E-state index < -0.39 is 4.92 Å². The van der Waals surface area contributed by atoms with E-state index in [0.29, 0.717) is 16.5 Å². The lowest BCUT2D eigenvalue weighted by Gasteiger charge is -2.02. The minimum absolute atomic E-state index is 0.0810. The zero-order valence-electron chi connectivity index (χ0n) is 10.7. The second-order valence-electron chi connectivity index (χ2n) is 3.94. The molecule has 0 N–H and O–H groups in total. The van der Waals surface area contributed by atoms with Crippen LogP contribution in [0.25, 0.3) is 10.6 Å². The molecule has 0 aliphatic rings. The van der Waals surface area contributed by atoms with Crippen LogP contribution in [-0.4, -0.2) is 28.1 Å². The molecule has 1 heterocycles. The Balaban J connectivity index is 2.30. The lowest BCUT2D eigenvalue weighted by molar-refractivity contribution is -0.385. The van der Waals surface area contributed by atoms with Crippen molar-refractivity contribution in [3.05, 3.63) is 33.3 Å². The molecule has 0 unspecified atom stereocenters. The van der Waals surface area contributed by atoms with Crippen molar-refractivity contribution in [3.8, 4) is 16.3 Å². The van der Waals surface area contributed by atoms with Crippen molar-refractivity contribution < 1.29 is 9.66 Å². The van der Waals surface area contributed by atoms with Crippen LogP contribution in [0.2, 0.25) is 0 Å². The number of rotatable bonds is 6. The SMILES string of the molecule is COc1ccc(-c2nnc(CCCCl)s2)cc1[N+](=O)[O-]. The van der Waals surface area contributed by atoms with E-state index in [1.165, 1.54) is 24.5 Å². The molecule has 2 rings (SSSR count). The van der Waals surface area contributed by atoms with Gasteiger partial charge in [0.05, 0.1) is 12.0 Å². The highest BCUT2D eigenvalue weighted by Gasteiger charge is 2.17. The van der Waals surface area contributed by atoms with Crippen LogP contribution in [-0.2, 0) is 6.42 Å². The molecular formula is C12H12ClN3O3S. The van der Waals surface area contributed by atoms with E-state index in [2.05, 4.69) is 10.2 Å². The highest BCUT2D eigenvalue weighted by atomic mass is 35.5. The molecule has 0 fully saturated rings. The van der Waals surface area contributed by atoms with Gasteiger partial charge in [-0.2, -0.15) is 0 Å². The van der Waals surface area contributed by atoms with E-state index in [-0.39, 0.29) is 11.4 Å². The Kier molecular flexibility index (Phi) is 4.86. The van der Waals surface area contributed by atoms with Gasteiger partial charge >= 0.3 is 5.69 Å². The highest BCUT2D eigenvalue weighted by Crippen LogP contribution is 2.33. The molecular weight excluding hydrogens is 302 g/mol. The molecule has 0 saturated carbocycles. The minimum Gasteiger partial charge on any atom is -0.490 e. The van der Waals surface area contributed by atoms with Crippen LogP contribution in [0.3, 0.4) is 0 Å². The fourth-order valence-corrected chi connectivity index (χ4v) is 2.67. The largest absolute Gasteiger partial charge is 0.490 e. The van der Waals surface area contributed by atoms with Gasteiger partial charge in [-0.25, -0.2) is 0 Å². The number of methoxy groups -OCH3 is 1. The smallest absolute Gasteiger partial charge is 0.311 e. The standard InChI is InChI=1S/C12H12ClN3O3S/c1-19-10-5-4-8(7-9(10)16(17)18)12-15-14-11(20-12)3-2-6-13/h4-5,7H,2-3,6H2,1H3. The summed E-state index contributed by atoms with van der Waals surface area (Å²) in [7, 11) is 1.40. The monoisotopic (exact) mass is 313 g/mol. The Morgan fingerprint density at radius 3 is 2.90 bits per heavy atom. The summed E-state index contributed by atoms with van der Waals surface area (Å²) in [4.78, 5) is 10.5. The van der Waals surface area contributed by atoms with Crippen molar-refractivity contribution in [3.63, 3.8) is 0 Å². The topological polar surface area (TPSA) is 78.2 Å². The van der Waals surface area contributed by atoms with Crippen LogP contribution in [0, 0.1) is 10.1 Å². The van der Waals surface area contributed by atoms with Gasteiger partial charge in [0.1, 0.15) is 10.0 Å². The molecule has 0 bridgehead atoms. The van der Waals surface area contributed by atoms with Gasteiger partial charge in [-0.3, -0.25) is 10.1 Å². The molecule has 0 amide bonds. The molecule has 0 aliphatic heterocycles. The molecule has 0 saturated heterocycles. The first-order chi connectivity index (χ1) is 9.65. The third-order valence-corrected chi connectivity index (χ3v) is 3.91. The number of hydrogen-bond acceptors (Lipinski definition) is 6. The third kappa shape index (κ3) is 3.23. The number of halogens is 1. The number of nitro benzene ring substituents is 1. The number of aromatic nitrogens is 2. The average Bonchev–Trinajstić information content (AvgIpc) is 2.93. The van der Waals surface area contributed by atoms with E-state index >= 15 is 0 Å². The number of alkyl halides is 1. The predicted octanol–water partition coefficient (Wildman–Crippen LogP) is 3.29. The quantitative estimate of drug-likeness (QED) is 0.464. The fourth-order valence-electron chi connectivity index (χ4n) is 1.66. The maximum absolute atomic E-state index is 11.0. The summed E-state index contributed by atoms with van der Waals surface area (Å²) in [5, 5.41) is 20.6. The van der Waals surface area contributed by atoms with Crippen LogP contribution < -0.4 is 4.74 Å². The normalized spacial score (nSPS) is 10.5. The Hall–Kier alpha value is -1.73. The highest BCUT2D eigenvalue weighted by molar-refractivity contribution is 7.14. The number of benzene rings is 1. The zero-order chi connectivity index (χ0) is 14.5. The van der Waals surface area contributed by atoms with Gasteiger partial charge in [0.15, 0.2) is 5.75 Å². The zero-order valence-corrected chi connectivity index (χ0v) is 12.3. The molecule has 20 heavy (non-hydrogen) atoms. The predicted molar refractivity (Wildman–Crippen MR) is 77.6 cm³/mol. The summed E-state index contributed by atoms with van der Waals surface area (Å²) in [6.07, 6.45) is 1.60. The average molecular weight is 314 g/mol. The second kappa shape index (κ2) is 6.62. The molecule has 0 radical (unpaired) electrons. The summed E-state index contributed by atoms with van der Waals surface area (Å²) in [6, 6.07) is 4.75. The van der Waals surface area contributed by atoms with Gasteiger partial charge in [0, 0.05) is 23.9 Å². The Bertz CT molecular complexity index is 618. The van der Waals surface area contributed by atoms with Crippen molar-refractivity contribution >= 4 is 28.6 Å². The van der Waals surface area contributed by atoms with E-state index in [1.54, 1.807) is 12.1 Å². The van der Waals surface area contributed by atoms with Gasteiger partial charge in [-0.1, -0.05) is 11.3 Å². The molecule has 6 nitrogen and oxygen atoms in total. The Morgan fingerprint density at radius 2 is 2.25 bits per heavy atom. The number of ether oxygens (including phenoxy) is 1. The van der Waals surface area contributed by atoms with E-state index in [4.69, 9.17) is 16.3 Å². The van der Waals surface area contributed by atoms with E-state index in [0.717, 1.165) is 17.8 Å². The van der Waals surface area contributed by atoms with Crippen LogP contribution in [0.4, 0.5) is 5.69 Å². The first kappa shape index (κ1) is 14.7. The summed E-state index contributed by atoms with van der Waals surface area (Å²) >= 11 is 7.05. The summed E-state index contributed by atoms with van der Waals surface area (Å²) in [6.45, 7) is 0. The van der Waals surface area contributed by atoms with Gasteiger partial charge < -0.3 is 4.74 Å². The van der Waals surface area contributed by atoms with Crippen LogP contribution in [0.5, 0.6) is 5.75 Å². The van der Waals surface area contributed by atoms with Crippen molar-refractivity contribution in [1.82, 2.24) is 10.2 Å². The maximum atomic E-state index is 11.0. The number of aryl methyl sites for hydroxylation is 1. The first-order valence-electron chi connectivity index (χ1n) is 5.87. The number of nitrogens with zero attached hydrogens (tertiary/aromatic N) is 3. The molecule has 1 aromatic carbocycles. The van der Waals surface area contributed by atoms with E-state index in [1.807, 2.05) is 0 Å². The molecule has 0 aliphatic carbocycles. The van der Waals surface area contributed by atoms with Crippen molar-refractivity contribution in [2.75, 3.05) is 13.0 Å². The van der Waals surface area contributed by atoms with Crippen molar-refractivity contribution in [2.24, 2.45) is 0 Å². The van der Waals surface area contributed by atoms with Gasteiger partial charge in [-0.05, 0) is 18.6 Å². The molecule has 106 valence electrons. The first-order valence-corrected chi connectivity index (χ1v) is 7.22. The number of hydrogen-bond donors (Lipinski definition) is 0. The van der Waals surface area contributed by atoms with Crippen LogP contribution in [0.1, 0.15) is 11.4 Å². The van der Waals surface area contributed by atoms with Gasteiger partial charge in [-0.15, -0.1) is 21.8 Å². The van der Waals surface area contributed by atoms with Gasteiger partial charge in [0.2, 0.25) is 0 Å². The van der Waals surface area contributed by atoms with Crippen molar-refractivity contribution in [2.45, 2.75) is 12.8 Å². The van der Waals surface area contributed by atoms with E-state index in [9.17, 15) is 10.1 Å². The van der Waals surface area contributed by atoms with Crippen molar-refractivity contribution in [1.29, 1.82) is 0 Å². The summed E-state index contributed by atoms with van der Waals surface area (Å²) < 4.78 is 4.97. The molecule has 0 spiro atoms. The van der Waals surface area contributed by atoms with Crippen LogP contribution >= 0.6 is 22.9 Å². The van der Waals surface area contributed by atoms with Crippen LogP contribution in [0.15, 0.2) is 18.2 Å². The van der Waals surface area contributed by atoms with Gasteiger partial charge in [0.25, 0.3) is 0 Å². The summed E-state index contributed by atoms with van der Waals surface area (Å²) in [5.74, 6) is 0.800. The summed E-state index contributed by atoms with van der Waals surface area (Å²) in [5.41, 5.74) is 0.578. The Labute approximate surface area is 124 Å². The number of nitro groups is 1. The fraction of sp³-hybridized carbons (Fsp3) is 0.333. The lowest BCUT2D eigenvalue weighted by atomic mass is 10.2. The lowest BCUT2D eigenvalue weighted by Crippen LogP contribution is -1.94. The second-order valence-corrected chi connectivity index (χ2v) is 5.38.